The van der Waals surface area contributed by atoms with Gasteiger partial charge in [-0.3, -0.25) is 4.68 Å². The van der Waals surface area contributed by atoms with Gasteiger partial charge in [-0.25, -0.2) is 4.98 Å². The number of ether oxygens (including phenoxy) is 1. The van der Waals surface area contributed by atoms with Gasteiger partial charge in [-0.15, -0.1) is 11.6 Å². The first kappa shape index (κ1) is 15.3. The second-order valence-electron chi connectivity index (χ2n) is 5.18. The molecule has 0 aliphatic rings. The molecule has 2 heterocycles. The van der Waals surface area contributed by atoms with Crippen LogP contribution in [0.15, 0.2) is 0 Å². The van der Waals surface area contributed by atoms with Crippen LogP contribution in [-0.2, 0) is 18.2 Å². The summed E-state index contributed by atoms with van der Waals surface area (Å²) in [4.78, 5) is 4.74. The summed E-state index contributed by atoms with van der Waals surface area (Å²) < 4.78 is 9.31. The molecule has 0 aliphatic heterocycles. The van der Waals surface area contributed by atoms with Crippen LogP contribution < -0.4 is 0 Å². The van der Waals surface area contributed by atoms with Crippen molar-refractivity contribution >= 4 is 22.8 Å². The third kappa shape index (κ3) is 2.56. The summed E-state index contributed by atoms with van der Waals surface area (Å²) in [5.41, 5.74) is 3.05. The quantitative estimate of drug-likeness (QED) is 0.769. The summed E-state index contributed by atoms with van der Waals surface area (Å²) in [5.74, 6) is 0.910. The molecule has 2 atom stereocenters. The average Bonchev–Trinajstić information content (AvgIpc) is 2.94. The number of hydrogen-bond acceptors (Lipinski definition) is 3. The summed E-state index contributed by atoms with van der Waals surface area (Å²) in [5, 5.41) is 4.42. The number of rotatable bonds is 6. The van der Waals surface area contributed by atoms with Crippen molar-refractivity contribution in [3.63, 3.8) is 0 Å². The normalized spacial score (nSPS) is 14.9. The maximum atomic E-state index is 6.32. The highest BCUT2D eigenvalue weighted by atomic mass is 35.5. The smallest absolute Gasteiger partial charge is 0.158 e. The van der Waals surface area contributed by atoms with Gasteiger partial charge < -0.3 is 9.30 Å². The van der Waals surface area contributed by atoms with E-state index in [1.165, 1.54) is 0 Å². The van der Waals surface area contributed by atoms with Crippen molar-refractivity contribution in [1.29, 1.82) is 0 Å². The largest absolute Gasteiger partial charge is 0.385 e. The third-order valence-corrected chi connectivity index (χ3v) is 3.83. The van der Waals surface area contributed by atoms with Gasteiger partial charge in [0.25, 0.3) is 0 Å². The van der Waals surface area contributed by atoms with Gasteiger partial charge in [0.2, 0.25) is 0 Å². The van der Waals surface area contributed by atoms with Crippen molar-refractivity contribution in [1.82, 2.24) is 19.3 Å². The van der Waals surface area contributed by atoms with E-state index in [4.69, 9.17) is 21.3 Å². The Morgan fingerprint density at radius 1 is 1.35 bits per heavy atom. The summed E-state index contributed by atoms with van der Waals surface area (Å²) in [6.45, 7) is 6.94. The number of methoxy groups -OCH3 is 1. The number of fused-ring (bicyclic) bond motifs is 1. The van der Waals surface area contributed by atoms with Crippen LogP contribution in [0.5, 0.6) is 0 Å². The predicted octanol–water partition coefficient (Wildman–Crippen LogP) is 3.23. The van der Waals surface area contributed by atoms with E-state index in [2.05, 4.69) is 23.5 Å². The van der Waals surface area contributed by atoms with Gasteiger partial charge >= 0.3 is 0 Å². The Balaban J connectivity index is 2.59. The van der Waals surface area contributed by atoms with Crippen LogP contribution in [0, 0.1) is 0 Å². The highest BCUT2D eigenvalue weighted by Gasteiger charge is 2.23. The van der Waals surface area contributed by atoms with Crippen LogP contribution in [0.3, 0.4) is 0 Å². The molecule has 2 unspecified atom stereocenters. The Morgan fingerprint density at radius 3 is 2.60 bits per heavy atom. The molecule has 0 aliphatic carbocycles. The van der Waals surface area contributed by atoms with Gasteiger partial charge in [-0.2, -0.15) is 5.10 Å². The van der Waals surface area contributed by atoms with Gasteiger partial charge in [0, 0.05) is 26.8 Å². The van der Waals surface area contributed by atoms with Gasteiger partial charge in [0.15, 0.2) is 5.65 Å². The van der Waals surface area contributed by atoms with E-state index in [0.717, 1.165) is 42.1 Å². The molecule has 0 aromatic carbocycles. The lowest BCUT2D eigenvalue weighted by Crippen LogP contribution is -2.14. The fourth-order valence-corrected chi connectivity index (χ4v) is 2.74. The minimum atomic E-state index is -0.128. The molecule has 0 amide bonds. The van der Waals surface area contributed by atoms with Crippen LogP contribution >= 0.6 is 11.6 Å². The minimum Gasteiger partial charge on any atom is -0.385 e. The van der Waals surface area contributed by atoms with E-state index in [9.17, 15) is 0 Å². The van der Waals surface area contributed by atoms with Crippen molar-refractivity contribution in [2.45, 2.75) is 45.0 Å². The van der Waals surface area contributed by atoms with E-state index in [1.807, 2.05) is 18.7 Å². The zero-order valence-corrected chi connectivity index (χ0v) is 13.6. The second-order valence-corrected chi connectivity index (χ2v) is 5.84. The zero-order valence-electron chi connectivity index (χ0n) is 12.9. The highest BCUT2D eigenvalue weighted by molar-refractivity contribution is 6.20. The van der Waals surface area contributed by atoms with E-state index in [0.29, 0.717) is 0 Å². The van der Waals surface area contributed by atoms with Crippen LogP contribution in [-0.4, -0.2) is 33.0 Å². The van der Waals surface area contributed by atoms with Crippen molar-refractivity contribution in [3.8, 4) is 0 Å². The minimum absolute atomic E-state index is 0.128. The topological polar surface area (TPSA) is 44.9 Å². The molecule has 0 saturated carbocycles. The number of halogens is 1. The van der Waals surface area contributed by atoms with Crippen molar-refractivity contribution < 1.29 is 4.74 Å². The molecule has 0 saturated heterocycles. The van der Waals surface area contributed by atoms with Gasteiger partial charge in [-0.1, -0.05) is 6.92 Å². The number of alkyl halides is 1. The Bertz CT molecular complexity index is 588. The maximum Gasteiger partial charge on any atom is 0.158 e. The maximum absolute atomic E-state index is 6.32. The molecule has 0 fully saturated rings. The highest BCUT2D eigenvalue weighted by Crippen LogP contribution is 2.30. The summed E-state index contributed by atoms with van der Waals surface area (Å²) in [6.07, 6.45) is 1.79. The molecule has 0 N–H and O–H groups in total. The Hall–Kier alpha value is -1.07. The molecule has 0 spiro atoms. The Labute approximate surface area is 124 Å². The summed E-state index contributed by atoms with van der Waals surface area (Å²) >= 11 is 6.32. The Kier molecular flexibility index (Phi) is 4.70. The Morgan fingerprint density at radius 2 is 2.05 bits per heavy atom. The van der Waals surface area contributed by atoms with Crippen LogP contribution in [0.25, 0.3) is 11.2 Å². The molecule has 2 rings (SSSR count). The molecular formula is C14H23ClN4O. The number of aromatic nitrogens is 4. The standard InChI is InChI=1S/C14H23ClN4O/c1-6-11-12-14(18(4)17-11)19(9(2)7-8-20-5)13(16-12)10(3)15/h9-10H,6-8H2,1-5H3. The first-order valence-electron chi connectivity index (χ1n) is 7.07. The number of hydrogen-bond donors (Lipinski definition) is 0. The van der Waals surface area contributed by atoms with Crippen molar-refractivity contribution in [2.24, 2.45) is 7.05 Å². The van der Waals surface area contributed by atoms with Crippen LogP contribution in [0.1, 0.15) is 50.1 Å². The molecule has 0 bridgehead atoms. The lowest BCUT2D eigenvalue weighted by molar-refractivity contribution is 0.181. The van der Waals surface area contributed by atoms with Gasteiger partial charge in [-0.05, 0) is 26.7 Å². The number of imidazole rings is 1. The van der Waals surface area contributed by atoms with E-state index >= 15 is 0 Å². The lowest BCUT2D eigenvalue weighted by atomic mass is 10.2. The molecule has 6 heteroatoms. The first-order chi connectivity index (χ1) is 9.51. The molecule has 5 nitrogen and oxygen atoms in total. The van der Waals surface area contributed by atoms with Crippen LogP contribution in [0.2, 0.25) is 0 Å². The SMILES string of the molecule is CCc1nn(C)c2c1nc(C(C)Cl)n2C(C)CCOC. The molecule has 20 heavy (non-hydrogen) atoms. The summed E-state index contributed by atoms with van der Waals surface area (Å²) in [6, 6.07) is 0.274. The predicted molar refractivity (Wildman–Crippen MR) is 81.3 cm³/mol. The number of nitrogens with zero attached hydrogens (tertiary/aromatic N) is 4. The van der Waals surface area contributed by atoms with Gasteiger partial charge in [0.05, 0.1) is 11.1 Å². The number of aryl methyl sites for hydroxylation is 2. The molecule has 0 radical (unpaired) electrons. The molecule has 2 aromatic rings. The first-order valence-corrected chi connectivity index (χ1v) is 7.51. The molecular weight excluding hydrogens is 276 g/mol. The zero-order chi connectivity index (χ0) is 14.9. The van der Waals surface area contributed by atoms with E-state index < -0.39 is 0 Å². The molecule has 2 aromatic heterocycles. The monoisotopic (exact) mass is 298 g/mol. The van der Waals surface area contributed by atoms with E-state index in [1.54, 1.807) is 7.11 Å². The molecule has 112 valence electrons. The fraction of sp³-hybridized carbons (Fsp3) is 0.714. The second kappa shape index (κ2) is 6.14. The third-order valence-electron chi connectivity index (χ3n) is 3.63. The average molecular weight is 299 g/mol. The van der Waals surface area contributed by atoms with Crippen LogP contribution in [0.4, 0.5) is 0 Å². The van der Waals surface area contributed by atoms with Gasteiger partial charge in [0.1, 0.15) is 11.3 Å². The van der Waals surface area contributed by atoms with E-state index in [-0.39, 0.29) is 11.4 Å². The van der Waals surface area contributed by atoms with Crippen molar-refractivity contribution in [2.75, 3.05) is 13.7 Å². The lowest BCUT2D eigenvalue weighted by Gasteiger charge is -2.18. The van der Waals surface area contributed by atoms with Crippen molar-refractivity contribution in [3.05, 3.63) is 11.5 Å². The fourth-order valence-electron chi connectivity index (χ4n) is 2.59. The summed E-state index contributed by atoms with van der Waals surface area (Å²) in [7, 11) is 3.69.